The first kappa shape index (κ1) is 23.5. The molecule has 36 heavy (non-hydrogen) atoms. The van der Waals surface area contributed by atoms with Gasteiger partial charge in [-0.05, 0) is 67.8 Å². The number of aliphatic hydroxyl groups is 2. The molecule has 2 N–H and O–H groups in total. The second-order valence-corrected chi connectivity index (χ2v) is 8.36. The third-order valence-electron chi connectivity index (χ3n) is 5.84. The molecule has 0 aliphatic carbocycles. The highest BCUT2D eigenvalue weighted by molar-refractivity contribution is 5.83. The van der Waals surface area contributed by atoms with Gasteiger partial charge < -0.3 is 10.2 Å². The molecule has 9 nitrogen and oxygen atoms in total. The van der Waals surface area contributed by atoms with Crippen LogP contribution >= 0.6 is 0 Å². The second-order valence-electron chi connectivity index (χ2n) is 8.36. The number of hydrogen-bond acceptors (Lipinski definition) is 7. The van der Waals surface area contributed by atoms with Crippen molar-refractivity contribution >= 4 is 10.9 Å². The Morgan fingerprint density at radius 3 is 2.58 bits per heavy atom. The van der Waals surface area contributed by atoms with E-state index >= 15 is 0 Å². The molecule has 0 radical (unpaired) electrons. The Bertz CT molecular complexity index is 1550. The molecule has 3 heterocycles. The molecule has 3 aromatic heterocycles. The van der Waals surface area contributed by atoms with Gasteiger partial charge in [0.25, 0.3) is 5.56 Å². The molecule has 0 bridgehead atoms. The van der Waals surface area contributed by atoms with Crippen molar-refractivity contribution in [3.63, 3.8) is 0 Å². The van der Waals surface area contributed by atoms with E-state index in [4.69, 9.17) is 15.2 Å². The molecular weight excluding hydrogens is 463 g/mol. The Kier molecular flexibility index (Phi) is 6.61. The largest absolute Gasteiger partial charge is 0.368 e. The number of rotatable bonds is 8. The van der Waals surface area contributed by atoms with E-state index in [1.807, 2.05) is 12.1 Å². The van der Waals surface area contributed by atoms with Gasteiger partial charge in [0, 0.05) is 18.2 Å². The summed E-state index contributed by atoms with van der Waals surface area (Å²) in [7, 11) is 0. The van der Waals surface area contributed by atoms with Gasteiger partial charge in [0.1, 0.15) is 17.3 Å². The van der Waals surface area contributed by atoms with Gasteiger partial charge in [-0.3, -0.25) is 14.3 Å². The number of benzene rings is 2. The minimum Gasteiger partial charge on any atom is -0.368 e. The fourth-order valence-electron chi connectivity index (χ4n) is 4.04. The lowest BCUT2D eigenvalue weighted by Crippen LogP contribution is -2.24. The Hall–Kier alpha value is -4.28. The first-order valence-electron chi connectivity index (χ1n) is 11.5. The van der Waals surface area contributed by atoms with E-state index in [0.717, 1.165) is 11.3 Å². The van der Waals surface area contributed by atoms with E-state index in [1.165, 1.54) is 28.8 Å². The van der Waals surface area contributed by atoms with Gasteiger partial charge in [-0.25, -0.2) is 14.1 Å². The maximum absolute atomic E-state index is 13.5. The lowest BCUT2D eigenvalue weighted by Gasteiger charge is -2.14. The predicted molar refractivity (Wildman–Crippen MR) is 131 cm³/mol. The van der Waals surface area contributed by atoms with Crippen LogP contribution in [0, 0.1) is 5.82 Å². The van der Waals surface area contributed by atoms with Crippen LogP contribution in [0.1, 0.15) is 25.1 Å². The van der Waals surface area contributed by atoms with Gasteiger partial charge in [0.05, 0.1) is 34.7 Å². The van der Waals surface area contributed by atoms with Crippen LogP contribution < -0.4 is 5.56 Å². The highest BCUT2D eigenvalue weighted by Crippen LogP contribution is 2.23. The van der Waals surface area contributed by atoms with Crippen molar-refractivity contribution in [2.24, 2.45) is 0 Å². The number of pyridine rings is 1. The third-order valence-corrected chi connectivity index (χ3v) is 5.84. The summed E-state index contributed by atoms with van der Waals surface area (Å²) in [4.78, 5) is 22.4. The van der Waals surface area contributed by atoms with Crippen molar-refractivity contribution in [3.05, 3.63) is 95.2 Å². The van der Waals surface area contributed by atoms with Crippen molar-refractivity contribution in [2.75, 3.05) is 0 Å². The number of aliphatic hydroxyl groups excluding tert-OH is 1. The topological polar surface area (TPSA) is 119 Å². The molecule has 182 valence electrons. The smallest absolute Gasteiger partial charge is 0.265 e. The monoisotopic (exact) mass is 486 g/mol. The fourth-order valence-corrected chi connectivity index (χ4v) is 4.04. The summed E-state index contributed by atoms with van der Waals surface area (Å²) in [6.07, 6.45) is 5.55. The normalized spacial score (nSPS) is 11.4. The number of fused-ring (bicyclic) bond motifs is 1. The molecule has 10 heteroatoms. The molecule has 5 aromatic rings. The van der Waals surface area contributed by atoms with Gasteiger partial charge in [0.15, 0.2) is 6.29 Å². The molecule has 0 spiro atoms. The Morgan fingerprint density at radius 1 is 1.00 bits per heavy atom. The van der Waals surface area contributed by atoms with Crippen LogP contribution in [0.3, 0.4) is 0 Å². The molecule has 0 saturated heterocycles. The molecule has 0 unspecified atom stereocenters. The number of halogens is 1. The molecule has 0 saturated carbocycles. The zero-order valence-electron chi connectivity index (χ0n) is 19.2. The van der Waals surface area contributed by atoms with Crippen LogP contribution in [-0.2, 0) is 6.42 Å². The predicted octanol–water partition coefficient (Wildman–Crippen LogP) is 3.19. The van der Waals surface area contributed by atoms with Crippen LogP contribution in [0.25, 0.3) is 33.5 Å². The number of unbranched alkanes of at least 4 members (excludes halogenated alkanes) is 1. The maximum Gasteiger partial charge on any atom is 0.265 e. The summed E-state index contributed by atoms with van der Waals surface area (Å²) in [6, 6.07) is 14.6. The van der Waals surface area contributed by atoms with Gasteiger partial charge >= 0.3 is 0 Å². The lowest BCUT2D eigenvalue weighted by molar-refractivity contribution is -0.0465. The first-order valence-corrected chi connectivity index (χ1v) is 11.5. The summed E-state index contributed by atoms with van der Waals surface area (Å²) in [5.74, 6) is 0.103. The summed E-state index contributed by atoms with van der Waals surface area (Å²) in [6.45, 7) is 0. The van der Waals surface area contributed by atoms with Gasteiger partial charge in [-0.2, -0.15) is 0 Å². The Morgan fingerprint density at radius 2 is 1.83 bits per heavy atom. The quantitative estimate of drug-likeness (QED) is 0.255. The summed E-state index contributed by atoms with van der Waals surface area (Å²) in [5, 5.41) is 27.1. The molecule has 0 aliphatic heterocycles. The molecule has 0 amide bonds. The van der Waals surface area contributed by atoms with E-state index in [1.54, 1.807) is 41.5 Å². The highest BCUT2D eigenvalue weighted by atomic mass is 19.1. The first-order chi connectivity index (χ1) is 17.5. The third kappa shape index (κ3) is 4.90. The molecule has 2 aromatic carbocycles. The van der Waals surface area contributed by atoms with E-state index < -0.39 is 12.1 Å². The summed E-state index contributed by atoms with van der Waals surface area (Å²) >= 11 is 0. The zero-order chi connectivity index (χ0) is 25.1. The van der Waals surface area contributed by atoms with E-state index in [2.05, 4.69) is 15.3 Å². The highest BCUT2D eigenvalue weighted by Gasteiger charge is 2.15. The van der Waals surface area contributed by atoms with Crippen molar-refractivity contribution in [2.45, 2.75) is 32.0 Å². The van der Waals surface area contributed by atoms with E-state index in [-0.39, 0.29) is 12.0 Å². The van der Waals surface area contributed by atoms with Crippen molar-refractivity contribution in [3.8, 4) is 22.6 Å². The average molecular weight is 487 g/mol. The van der Waals surface area contributed by atoms with E-state index in [0.29, 0.717) is 47.4 Å². The number of aromatic nitrogens is 6. The molecule has 5 rings (SSSR count). The Balaban J connectivity index is 1.55. The minimum atomic E-state index is -1.38. The molecular formula is C26H23FN6O3. The lowest BCUT2D eigenvalue weighted by atomic mass is 10.1. The van der Waals surface area contributed by atoms with Gasteiger partial charge in [-0.1, -0.05) is 11.3 Å². The average Bonchev–Trinajstić information content (AvgIpc) is 3.38. The van der Waals surface area contributed by atoms with Crippen LogP contribution in [0.2, 0.25) is 0 Å². The number of aryl methyl sites for hydroxylation is 1. The second kappa shape index (κ2) is 10.1. The zero-order valence-corrected chi connectivity index (χ0v) is 19.2. The summed E-state index contributed by atoms with van der Waals surface area (Å²) < 4.78 is 16.6. The van der Waals surface area contributed by atoms with Gasteiger partial charge in [-0.15, -0.1) is 5.10 Å². The Labute approximate surface area is 205 Å². The fraction of sp³-hybridized carbons (Fsp3) is 0.192. The standard InChI is InChI=1S/C26H23FN6O3/c27-18-8-10-19(11-9-18)33-24(5-1-2-6-25(34)35)29-22-14-17(7-12-21(22)26(33)36)23-16-32(31-30-23)20-4-3-13-28-15-20/h3-4,7-16,25,34-35H,1-2,5-6H2. The van der Waals surface area contributed by atoms with Crippen molar-refractivity contribution < 1.29 is 14.6 Å². The number of hydrogen-bond donors (Lipinski definition) is 2. The van der Waals surface area contributed by atoms with Crippen LogP contribution in [0.5, 0.6) is 0 Å². The van der Waals surface area contributed by atoms with Crippen LogP contribution in [0.4, 0.5) is 4.39 Å². The molecule has 0 fully saturated rings. The van der Waals surface area contributed by atoms with Crippen molar-refractivity contribution in [1.29, 1.82) is 0 Å². The molecule has 0 aliphatic rings. The SMILES string of the molecule is O=c1c2ccc(-c3cn(-c4cccnc4)nn3)cc2nc(CCCCC(O)O)n1-c1ccc(F)cc1. The molecule has 0 atom stereocenters. The maximum atomic E-state index is 13.5. The minimum absolute atomic E-state index is 0.227. The van der Waals surface area contributed by atoms with Crippen LogP contribution in [0.15, 0.2) is 78.0 Å². The van der Waals surface area contributed by atoms with E-state index in [9.17, 15) is 9.18 Å². The number of nitrogens with zero attached hydrogens (tertiary/aromatic N) is 6. The van der Waals surface area contributed by atoms with Gasteiger partial charge in [0.2, 0.25) is 0 Å². The van der Waals surface area contributed by atoms with Crippen molar-refractivity contribution in [1.82, 2.24) is 29.5 Å². The van der Waals surface area contributed by atoms with Crippen LogP contribution in [-0.4, -0.2) is 46.0 Å². The summed E-state index contributed by atoms with van der Waals surface area (Å²) in [5.41, 5.74) is 2.88.